The van der Waals surface area contributed by atoms with E-state index in [-0.39, 0.29) is 25.2 Å². The van der Waals surface area contributed by atoms with Gasteiger partial charge < -0.3 is 4.74 Å². The summed E-state index contributed by atoms with van der Waals surface area (Å²) < 4.78 is 30.1. The van der Waals surface area contributed by atoms with Gasteiger partial charge in [-0.3, -0.25) is 4.90 Å². The minimum Gasteiger partial charge on any atom is -0.457 e. The van der Waals surface area contributed by atoms with Crippen LogP contribution in [-0.2, 0) is 9.53 Å². The summed E-state index contributed by atoms with van der Waals surface area (Å²) >= 11 is 0. The largest absolute Gasteiger partial charge is 0.457 e. The van der Waals surface area contributed by atoms with Gasteiger partial charge in [-0.05, 0) is 20.8 Å². The molecule has 5 heteroatoms. The lowest BCUT2D eigenvalue weighted by Crippen LogP contribution is -2.56. The second-order valence-corrected chi connectivity index (χ2v) is 5.11. The number of carbonyl (C=O) groups is 1. The van der Waals surface area contributed by atoms with Gasteiger partial charge in [-0.15, -0.1) is 0 Å². The highest BCUT2D eigenvalue weighted by atomic mass is 19.3. The molecule has 1 aliphatic rings. The van der Waals surface area contributed by atoms with Crippen LogP contribution in [0.1, 0.15) is 20.8 Å². The smallest absolute Gasteiger partial charge is 0.335 e. The van der Waals surface area contributed by atoms with Crippen LogP contribution >= 0.6 is 0 Å². The van der Waals surface area contributed by atoms with Gasteiger partial charge >= 0.3 is 5.97 Å². The van der Waals surface area contributed by atoms with Gasteiger partial charge in [0.15, 0.2) is 0 Å². The first kappa shape index (κ1) is 13.1. The van der Waals surface area contributed by atoms with E-state index in [1.165, 1.54) is 4.90 Å². The molecule has 0 amide bonds. The van der Waals surface area contributed by atoms with Crippen LogP contribution in [0.15, 0.2) is 12.2 Å². The first-order valence-corrected chi connectivity index (χ1v) is 5.10. The van der Waals surface area contributed by atoms with Crippen molar-refractivity contribution in [2.24, 2.45) is 0 Å². The fourth-order valence-corrected chi connectivity index (χ4v) is 1.40. The van der Waals surface area contributed by atoms with Crippen LogP contribution in [0, 0.1) is 0 Å². The van der Waals surface area contributed by atoms with Crippen molar-refractivity contribution in [3.8, 4) is 0 Å². The summed E-state index contributed by atoms with van der Waals surface area (Å²) in [4.78, 5) is 12.9. The summed E-state index contributed by atoms with van der Waals surface area (Å²) in [5, 5.41) is 0. The fourth-order valence-electron chi connectivity index (χ4n) is 1.40. The molecule has 0 spiro atoms. The van der Waals surface area contributed by atoms with Crippen LogP contribution in [0.5, 0.6) is 0 Å². The van der Waals surface area contributed by atoms with Crippen LogP contribution in [-0.4, -0.2) is 42.0 Å². The number of alkyl halides is 2. The van der Waals surface area contributed by atoms with E-state index in [1.54, 1.807) is 20.8 Å². The number of hydrogen-bond donors (Lipinski definition) is 0. The lowest BCUT2D eigenvalue weighted by molar-refractivity contribution is -0.152. The van der Waals surface area contributed by atoms with Crippen molar-refractivity contribution in [1.29, 1.82) is 0 Å². The monoisotopic (exact) mass is 233 g/mol. The Morgan fingerprint density at radius 3 is 2.31 bits per heavy atom. The van der Waals surface area contributed by atoms with Crippen LogP contribution in [0.3, 0.4) is 0 Å². The molecular weight excluding hydrogens is 216 g/mol. The molecule has 1 fully saturated rings. The van der Waals surface area contributed by atoms with Crippen LogP contribution < -0.4 is 0 Å². The van der Waals surface area contributed by atoms with E-state index in [0.717, 1.165) is 0 Å². The highest BCUT2D eigenvalue weighted by molar-refractivity contribution is 5.88. The molecule has 0 saturated carbocycles. The van der Waals surface area contributed by atoms with E-state index in [2.05, 4.69) is 6.58 Å². The number of esters is 1. The Labute approximate surface area is 94.1 Å². The molecule has 0 atom stereocenters. The lowest BCUT2D eigenvalue weighted by atomic mass is 10.1. The molecule has 92 valence electrons. The Balaban J connectivity index is 2.34. The van der Waals surface area contributed by atoms with E-state index >= 15 is 0 Å². The molecule has 0 unspecified atom stereocenters. The van der Waals surface area contributed by atoms with Crippen LogP contribution in [0.4, 0.5) is 8.78 Å². The third-order valence-corrected chi connectivity index (χ3v) is 2.01. The molecule has 1 saturated heterocycles. The highest BCUT2D eigenvalue weighted by Gasteiger charge is 2.44. The summed E-state index contributed by atoms with van der Waals surface area (Å²) in [7, 11) is 0. The third-order valence-electron chi connectivity index (χ3n) is 2.01. The van der Waals surface area contributed by atoms with Crippen molar-refractivity contribution in [3.05, 3.63) is 12.2 Å². The number of halogens is 2. The SMILES string of the molecule is C=C(CN1CC(F)(F)C1)C(=O)OC(C)(C)C. The minimum atomic E-state index is -2.62. The molecule has 0 aromatic carbocycles. The molecule has 16 heavy (non-hydrogen) atoms. The number of ether oxygens (including phenoxy) is 1. The molecular formula is C11H17F2NO2. The Hall–Kier alpha value is -0.970. The molecule has 1 heterocycles. The molecule has 1 aliphatic heterocycles. The molecule has 1 rings (SSSR count). The first-order valence-electron chi connectivity index (χ1n) is 5.10. The normalized spacial score (nSPS) is 20.1. The number of rotatable bonds is 3. The number of nitrogens with zero attached hydrogens (tertiary/aromatic N) is 1. The van der Waals surface area contributed by atoms with Crippen molar-refractivity contribution in [1.82, 2.24) is 4.90 Å². The van der Waals surface area contributed by atoms with Gasteiger partial charge in [0.05, 0.1) is 13.1 Å². The van der Waals surface area contributed by atoms with Crippen LogP contribution in [0.2, 0.25) is 0 Å². The summed E-state index contributed by atoms with van der Waals surface area (Å²) in [6, 6.07) is 0. The summed E-state index contributed by atoms with van der Waals surface area (Å²) in [5.41, 5.74) is -0.371. The van der Waals surface area contributed by atoms with E-state index in [1.807, 2.05) is 0 Å². The zero-order chi connectivity index (χ0) is 12.6. The van der Waals surface area contributed by atoms with Crippen molar-refractivity contribution in [3.63, 3.8) is 0 Å². The molecule has 0 aliphatic carbocycles. The average Bonchev–Trinajstić information content (AvgIpc) is 1.97. The maximum absolute atomic E-state index is 12.5. The van der Waals surface area contributed by atoms with Crippen molar-refractivity contribution in [2.75, 3.05) is 19.6 Å². The topological polar surface area (TPSA) is 29.5 Å². The Bertz CT molecular complexity index is 300. The third kappa shape index (κ3) is 3.89. The highest BCUT2D eigenvalue weighted by Crippen LogP contribution is 2.27. The van der Waals surface area contributed by atoms with Crippen LogP contribution in [0.25, 0.3) is 0 Å². The maximum atomic E-state index is 12.5. The van der Waals surface area contributed by atoms with Gasteiger partial charge in [-0.25, -0.2) is 13.6 Å². The molecule has 0 aromatic heterocycles. The number of hydrogen-bond acceptors (Lipinski definition) is 3. The van der Waals surface area contributed by atoms with Gasteiger partial charge in [0.1, 0.15) is 5.60 Å². The molecule has 0 bridgehead atoms. The quantitative estimate of drug-likeness (QED) is 0.550. The predicted molar refractivity (Wildman–Crippen MR) is 56.4 cm³/mol. The second-order valence-electron chi connectivity index (χ2n) is 5.11. The molecule has 0 N–H and O–H groups in total. The maximum Gasteiger partial charge on any atom is 0.335 e. The second kappa shape index (κ2) is 4.13. The van der Waals surface area contributed by atoms with E-state index in [9.17, 15) is 13.6 Å². The fraction of sp³-hybridized carbons (Fsp3) is 0.727. The van der Waals surface area contributed by atoms with Gasteiger partial charge in [0.25, 0.3) is 5.92 Å². The molecule has 3 nitrogen and oxygen atoms in total. The first-order chi connectivity index (χ1) is 7.09. The van der Waals surface area contributed by atoms with Gasteiger partial charge in [0, 0.05) is 12.1 Å². The van der Waals surface area contributed by atoms with E-state index < -0.39 is 17.5 Å². The van der Waals surface area contributed by atoms with Crippen molar-refractivity contribution in [2.45, 2.75) is 32.3 Å². The lowest BCUT2D eigenvalue weighted by Gasteiger charge is -2.38. The van der Waals surface area contributed by atoms with Crippen molar-refractivity contribution >= 4 is 5.97 Å². The zero-order valence-electron chi connectivity index (χ0n) is 9.85. The van der Waals surface area contributed by atoms with E-state index in [4.69, 9.17) is 4.74 Å². The Morgan fingerprint density at radius 1 is 1.44 bits per heavy atom. The summed E-state index contributed by atoms with van der Waals surface area (Å²) in [5.74, 6) is -3.14. The predicted octanol–water partition coefficient (Wildman–Crippen LogP) is 1.84. The standard InChI is InChI=1S/C11H17F2NO2/c1-8(9(15)16-10(2,3)4)5-14-6-11(12,13)7-14/h1,5-7H2,2-4H3. The van der Waals surface area contributed by atoms with Gasteiger partial charge in [-0.2, -0.15) is 0 Å². The van der Waals surface area contributed by atoms with Crippen molar-refractivity contribution < 1.29 is 18.3 Å². The van der Waals surface area contributed by atoms with Gasteiger partial charge in [0.2, 0.25) is 0 Å². The molecule has 0 radical (unpaired) electrons. The van der Waals surface area contributed by atoms with E-state index in [0.29, 0.717) is 0 Å². The molecule has 0 aromatic rings. The minimum absolute atomic E-state index is 0.143. The zero-order valence-corrected chi connectivity index (χ0v) is 9.85. The number of likely N-dealkylation sites (tertiary alicyclic amines) is 1. The Kier molecular flexibility index (Phi) is 3.38. The number of carbonyl (C=O) groups excluding carboxylic acids is 1. The van der Waals surface area contributed by atoms with Gasteiger partial charge in [-0.1, -0.05) is 6.58 Å². The summed E-state index contributed by atoms with van der Waals surface area (Å²) in [6.07, 6.45) is 0. The Morgan fingerprint density at radius 2 is 1.94 bits per heavy atom. The average molecular weight is 233 g/mol. The summed E-state index contributed by atoms with van der Waals surface area (Å²) in [6.45, 7) is 8.31.